The van der Waals surface area contributed by atoms with Crippen molar-refractivity contribution in [1.82, 2.24) is 29.1 Å². The topological polar surface area (TPSA) is 136 Å². The van der Waals surface area contributed by atoms with Crippen molar-refractivity contribution in [2.45, 2.75) is 26.1 Å². The van der Waals surface area contributed by atoms with Gasteiger partial charge in [-0.05, 0) is 49.2 Å². The van der Waals surface area contributed by atoms with Crippen molar-refractivity contribution in [3.05, 3.63) is 98.8 Å². The minimum absolute atomic E-state index is 0.00226. The van der Waals surface area contributed by atoms with Gasteiger partial charge in [-0.3, -0.25) is 14.2 Å². The number of aromatic nitrogens is 6. The van der Waals surface area contributed by atoms with Gasteiger partial charge in [0.25, 0.3) is 5.56 Å². The number of hydrogen-bond acceptors (Lipinski definition) is 7. The van der Waals surface area contributed by atoms with Gasteiger partial charge in [-0.25, -0.2) is 14.5 Å². The van der Waals surface area contributed by atoms with Crippen molar-refractivity contribution in [1.29, 1.82) is 0 Å². The third kappa shape index (κ3) is 4.38. The number of hydrogen-bond donors (Lipinski definition) is 3. The van der Waals surface area contributed by atoms with Gasteiger partial charge in [0.2, 0.25) is 5.56 Å². The molecule has 0 unspecified atom stereocenters. The van der Waals surface area contributed by atoms with Gasteiger partial charge in [-0.1, -0.05) is 18.2 Å². The highest BCUT2D eigenvalue weighted by Gasteiger charge is 2.33. The second kappa shape index (κ2) is 9.18. The number of nitrogens with zero attached hydrogens (tertiary/aromatic N) is 5. The molecule has 4 heterocycles. The molecule has 0 bridgehead atoms. The highest BCUT2D eigenvalue weighted by atomic mass is 19.4. The molecule has 0 aliphatic rings. The molecule has 13 heteroatoms. The van der Waals surface area contributed by atoms with Crippen LogP contribution in [0.1, 0.15) is 30.0 Å². The second-order valence-electron chi connectivity index (χ2n) is 8.62. The van der Waals surface area contributed by atoms with Gasteiger partial charge in [0.1, 0.15) is 29.2 Å². The summed E-state index contributed by atoms with van der Waals surface area (Å²) in [6.07, 6.45) is -1.98. The summed E-state index contributed by atoms with van der Waals surface area (Å²) in [5.41, 5.74) is 5.13. The molecule has 5 rings (SSSR count). The molecule has 0 fully saturated rings. The molecule has 1 aromatic carbocycles. The van der Waals surface area contributed by atoms with E-state index in [4.69, 9.17) is 5.73 Å². The summed E-state index contributed by atoms with van der Waals surface area (Å²) in [5.74, 6) is 0.217. The predicted molar refractivity (Wildman–Crippen MR) is 135 cm³/mol. The van der Waals surface area contributed by atoms with Crippen LogP contribution in [0.5, 0.6) is 0 Å². The Morgan fingerprint density at radius 1 is 1.08 bits per heavy atom. The van der Waals surface area contributed by atoms with Crippen LogP contribution >= 0.6 is 0 Å². The fraction of sp³-hybridized carbons (Fsp3) is 0.160. The molecular formula is C25H21F3N8O2. The fourth-order valence-electron chi connectivity index (χ4n) is 4.24. The largest absolute Gasteiger partial charge is 0.431 e. The first kappa shape index (κ1) is 24.7. The monoisotopic (exact) mass is 522 g/mol. The number of nitrogen functional groups attached to an aromatic ring is 1. The Morgan fingerprint density at radius 3 is 2.53 bits per heavy atom. The molecule has 4 N–H and O–H groups in total. The average molecular weight is 522 g/mol. The molecule has 0 saturated heterocycles. The molecule has 0 spiro atoms. The van der Waals surface area contributed by atoms with Gasteiger partial charge in [0.05, 0.1) is 17.3 Å². The lowest BCUT2D eigenvalue weighted by Crippen LogP contribution is -2.29. The maximum absolute atomic E-state index is 13.6. The van der Waals surface area contributed by atoms with Gasteiger partial charge in [0.15, 0.2) is 5.82 Å². The maximum Gasteiger partial charge on any atom is 0.431 e. The molecule has 10 nitrogen and oxygen atoms in total. The number of pyridine rings is 1. The van der Waals surface area contributed by atoms with Crippen LogP contribution < -0.4 is 22.2 Å². The Bertz CT molecular complexity index is 1770. The van der Waals surface area contributed by atoms with Gasteiger partial charge in [0, 0.05) is 12.3 Å². The Kier molecular flexibility index (Phi) is 5.97. The smallest absolute Gasteiger partial charge is 0.383 e. The SMILES string of the molecule is Cc1ccn2nc([C@H](C)Nc3ncnc(N)c3-c3cc(C(F)(F)F)[nH]c(=O)c3)n(-c3ccccc3)c(=O)c12. The molecule has 5 aromatic rings. The maximum atomic E-state index is 13.6. The molecule has 1 atom stereocenters. The number of alkyl halides is 3. The van der Waals surface area contributed by atoms with Gasteiger partial charge >= 0.3 is 6.18 Å². The third-order valence-corrected chi connectivity index (χ3v) is 5.98. The van der Waals surface area contributed by atoms with E-state index in [1.165, 1.54) is 9.08 Å². The molecule has 0 radical (unpaired) electrons. The molecule has 0 aliphatic heterocycles. The van der Waals surface area contributed by atoms with Crippen LogP contribution in [0.4, 0.5) is 24.8 Å². The highest BCUT2D eigenvalue weighted by molar-refractivity contribution is 5.83. The minimum Gasteiger partial charge on any atom is -0.383 e. The van der Waals surface area contributed by atoms with Crippen LogP contribution in [0, 0.1) is 6.92 Å². The number of para-hydroxylation sites is 1. The van der Waals surface area contributed by atoms with Crippen molar-refractivity contribution < 1.29 is 13.2 Å². The summed E-state index contributed by atoms with van der Waals surface area (Å²) in [6, 6.07) is 11.7. The summed E-state index contributed by atoms with van der Waals surface area (Å²) in [6.45, 7) is 3.52. The van der Waals surface area contributed by atoms with E-state index in [0.29, 0.717) is 17.0 Å². The number of nitrogens with one attached hydrogen (secondary N) is 2. The number of rotatable bonds is 5. The van der Waals surface area contributed by atoms with E-state index in [1.54, 1.807) is 48.4 Å². The van der Waals surface area contributed by atoms with Gasteiger partial charge < -0.3 is 16.0 Å². The van der Waals surface area contributed by atoms with Gasteiger partial charge in [-0.2, -0.15) is 18.3 Å². The third-order valence-electron chi connectivity index (χ3n) is 5.98. The van der Waals surface area contributed by atoms with Crippen LogP contribution in [-0.2, 0) is 6.18 Å². The average Bonchev–Trinajstić information content (AvgIpc) is 3.24. The van der Waals surface area contributed by atoms with Crippen molar-refractivity contribution in [3.63, 3.8) is 0 Å². The van der Waals surface area contributed by atoms with E-state index in [-0.39, 0.29) is 28.3 Å². The first-order valence-electron chi connectivity index (χ1n) is 11.4. The number of anilines is 2. The number of fused-ring (bicyclic) bond motifs is 1. The fourth-order valence-corrected chi connectivity index (χ4v) is 4.24. The molecular weight excluding hydrogens is 501 g/mol. The van der Waals surface area contributed by atoms with E-state index >= 15 is 0 Å². The number of nitrogens with two attached hydrogens (primary N) is 1. The predicted octanol–water partition coefficient (Wildman–Crippen LogP) is 3.71. The number of aromatic amines is 1. The first-order valence-corrected chi connectivity index (χ1v) is 11.4. The summed E-state index contributed by atoms with van der Waals surface area (Å²) >= 11 is 0. The first-order chi connectivity index (χ1) is 18.0. The lowest BCUT2D eigenvalue weighted by molar-refractivity contribution is -0.141. The van der Waals surface area contributed by atoms with Crippen LogP contribution in [0.2, 0.25) is 0 Å². The van der Waals surface area contributed by atoms with Gasteiger partial charge in [-0.15, -0.1) is 0 Å². The van der Waals surface area contributed by atoms with E-state index < -0.39 is 23.5 Å². The van der Waals surface area contributed by atoms with Crippen LogP contribution in [0.25, 0.3) is 22.3 Å². The molecule has 0 aliphatic carbocycles. The summed E-state index contributed by atoms with van der Waals surface area (Å²) in [4.78, 5) is 35.5. The molecule has 4 aromatic heterocycles. The van der Waals surface area contributed by atoms with Crippen LogP contribution in [0.15, 0.2) is 70.6 Å². The van der Waals surface area contributed by atoms with Crippen molar-refractivity contribution >= 4 is 17.2 Å². The summed E-state index contributed by atoms with van der Waals surface area (Å²) in [7, 11) is 0. The Morgan fingerprint density at radius 2 is 1.82 bits per heavy atom. The lowest BCUT2D eigenvalue weighted by Gasteiger charge is -2.21. The van der Waals surface area contributed by atoms with E-state index in [1.807, 2.05) is 13.0 Å². The normalized spacial score (nSPS) is 12.6. The Labute approximate surface area is 212 Å². The van der Waals surface area contributed by atoms with E-state index in [0.717, 1.165) is 24.0 Å². The summed E-state index contributed by atoms with van der Waals surface area (Å²) < 4.78 is 43.1. The zero-order chi connectivity index (χ0) is 27.2. The zero-order valence-electron chi connectivity index (χ0n) is 20.1. The van der Waals surface area contributed by atoms with E-state index in [2.05, 4.69) is 20.4 Å². The molecule has 0 amide bonds. The highest BCUT2D eigenvalue weighted by Crippen LogP contribution is 2.35. The van der Waals surface area contributed by atoms with Crippen LogP contribution in [-0.4, -0.2) is 29.1 Å². The zero-order valence-corrected chi connectivity index (χ0v) is 20.1. The molecule has 194 valence electrons. The number of benzene rings is 1. The van der Waals surface area contributed by atoms with Crippen molar-refractivity contribution in [2.75, 3.05) is 11.1 Å². The molecule has 38 heavy (non-hydrogen) atoms. The number of aryl methyl sites for hydroxylation is 1. The second-order valence-corrected chi connectivity index (χ2v) is 8.62. The number of H-pyrrole nitrogens is 1. The summed E-state index contributed by atoms with van der Waals surface area (Å²) in [5, 5.41) is 7.75. The molecule has 0 saturated carbocycles. The van der Waals surface area contributed by atoms with E-state index in [9.17, 15) is 22.8 Å². The standard InChI is InChI=1S/C25H21F3N8O2/c1-13-8-9-35-20(13)24(38)36(16-6-4-3-5-7-16)23(34-35)14(2)32-22-19(21(29)30-12-31-22)15-10-17(25(26,27)28)33-18(37)11-15/h3-12,14H,1-2H3,(H,33,37)(H3,29,30,31,32)/t14-/m0/s1. The van der Waals surface area contributed by atoms with Crippen LogP contribution in [0.3, 0.4) is 0 Å². The Hall–Kier alpha value is -4.94. The minimum atomic E-state index is -4.79. The lowest BCUT2D eigenvalue weighted by atomic mass is 10.1. The Balaban J connectivity index is 1.66. The quantitative estimate of drug-likeness (QED) is 0.320. The van der Waals surface area contributed by atoms with Crippen molar-refractivity contribution in [3.8, 4) is 16.8 Å². The number of halogens is 3. The van der Waals surface area contributed by atoms with Crippen molar-refractivity contribution in [2.24, 2.45) is 0 Å².